The molecule has 13 heavy (non-hydrogen) atoms. The van der Waals surface area contributed by atoms with Crippen molar-refractivity contribution in [1.29, 1.82) is 0 Å². The number of carbonyl (C=O) groups is 1. The Kier molecular flexibility index (Phi) is 2.88. The number of aliphatic hydroxyl groups is 2. The maximum atomic E-state index is 10.5. The van der Waals surface area contributed by atoms with Gasteiger partial charge in [0.15, 0.2) is 11.9 Å². The maximum Gasteiger partial charge on any atom is 0.249 e. The van der Waals surface area contributed by atoms with Gasteiger partial charge in [-0.05, 0) is 6.07 Å². The Labute approximate surface area is 74.1 Å². The summed E-state index contributed by atoms with van der Waals surface area (Å²) in [6.07, 6.45) is -0.375. The monoisotopic (exact) mass is 183 g/mol. The summed E-state index contributed by atoms with van der Waals surface area (Å²) in [5, 5.41) is 18.3. The SMILES string of the molecule is NC(=O)C(O)C(O)c1ncccn1. The average Bonchev–Trinajstić information content (AvgIpc) is 2.17. The van der Waals surface area contributed by atoms with Crippen LogP contribution in [0.1, 0.15) is 11.9 Å². The third-order valence-electron chi connectivity index (χ3n) is 1.44. The highest BCUT2D eigenvalue weighted by atomic mass is 16.3. The molecule has 0 aliphatic rings. The summed E-state index contributed by atoms with van der Waals surface area (Å²) in [5.41, 5.74) is 4.77. The van der Waals surface area contributed by atoms with Crippen LogP contribution in [0.25, 0.3) is 0 Å². The molecule has 70 valence electrons. The molecule has 0 radical (unpaired) electrons. The first-order valence-corrected chi connectivity index (χ1v) is 3.55. The zero-order valence-electron chi connectivity index (χ0n) is 6.66. The first-order chi connectivity index (χ1) is 6.13. The van der Waals surface area contributed by atoms with Crippen LogP contribution in [0.3, 0.4) is 0 Å². The van der Waals surface area contributed by atoms with Gasteiger partial charge in [-0.3, -0.25) is 4.79 Å². The van der Waals surface area contributed by atoms with E-state index in [1.807, 2.05) is 0 Å². The Morgan fingerprint density at radius 3 is 2.38 bits per heavy atom. The number of hydrogen-bond donors (Lipinski definition) is 3. The molecule has 0 spiro atoms. The van der Waals surface area contributed by atoms with Gasteiger partial charge in [-0.15, -0.1) is 0 Å². The van der Waals surface area contributed by atoms with Crippen LogP contribution in [0.2, 0.25) is 0 Å². The van der Waals surface area contributed by atoms with Crippen molar-refractivity contribution >= 4 is 5.91 Å². The van der Waals surface area contributed by atoms with Crippen LogP contribution >= 0.6 is 0 Å². The molecule has 0 bridgehead atoms. The van der Waals surface area contributed by atoms with Gasteiger partial charge in [0, 0.05) is 12.4 Å². The Morgan fingerprint density at radius 1 is 1.38 bits per heavy atom. The number of nitrogens with two attached hydrogens (primary N) is 1. The molecule has 1 rings (SSSR count). The minimum absolute atomic E-state index is 0.0335. The predicted molar refractivity (Wildman–Crippen MR) is 42.2 cm³/mol. The Morgan fingerprint density at radius 2 is 1.92 bits per heavy atom. The fourth-order valence-corrected chi connectivity index (χ4v) is 0.760. The largest absolute Gasteiger partial charge is 0.382 e. The molecule has 1 aromatic heterocycles. The average molecular weight is 183 g/mol. The molecular formula is C7H9N3O3. The number of amides is 1. The maximum absolute atomic E-state index is 10.5. The Balaban J connectivity index is 2.79. The zero-order chi connectivity index (χ0) is 9.84. The van der Waals surface area contributed by atoms with Gasteiger partial charge in [0.1, 0.15) is 6.10 Å². The van der Waals surface area contributed by atoms with Crippen LogP contribution in [0.5, 0.6) is 0 Å². The summed E-state index contributed by atoms with van der Waals surface area (Å²) in [7, 11) is 0. The number of aromatic nitrogens is 2. The highest BCUT2D eigenvalue weighted by molar-refractivity contribution is 5.79. The number of rotatable bonds is 3. The van der Waals surface area contributed by atoms with Crippen molar-refractivity contribution in [3.05, 3.63) is 24.3 Å². The molecule has 0 aliphatic carbocycles. The van der Waals surface area contributed by atoms with E-state index in [-0.39, 0.29) is 5.82 Å². The molecule has 0 aromatic carbocycles. The smallest absolute Gasteiger partial charge is 0.249 e. The third-order valence-corrected chi connectivity index (χ3v) is 1.44. The molecule has 4 N–H and O–H groups in total. The third kappa shape index (κ3) is 2.20. The molecule has 6 heteroatoms. The van der Waals surface area contributed by atoms with Gasteiger partial charge in [-0.2, -0.15) is 0 Å². The van der Waals surface area contributed by atoms with E-state index < -0.39 is 18.1 Å². The van der Waals surface area contributed by atoms with Crippen LogP contribution in [0.4, 0.5) is 0 Å². The number of aliphatic hydroxyl groups excluding tert-OH is 2. The summed E-state index contributed by atoms with van der Waals surface area (Å²) in [4.78, 5) is 17.8. The molecule has 6 nitrogen and oxygen atoms in total. The van der Waals surface area contributed by atoms with Crippen LogP contribution in [0.15, 0.2) is 18.5 Å². The zero-order valence-corrected chi connectivity index (χ0v) is 6.66. The lowest BCUT2D eigenvalue weighted by Crippen LogP contribution is -2.34. The van der Waals surface area contributed by atoms with Crippen molar-refractivity contribution in [3.8, 4) is 0 Å². The van der Waals surface area contributed by atoms with Crippen LogP contribution in [0, 0.1) is 0 Å². The van der Waals surface area contributed by atoms with Gasteiger partial charge in [0.2, 0.25) is 5.91 Å². The van der Waals surface area contributed by atoms with Gasteiger partial charge >= 0.3 is 0 Å². The summed E-state index contributed by atoms with van der Waals surface area (Å²) in [6.45, 7) is 0. The van der Waals surface area contributed by atoms with Gasteiger partial charge in [-0.25, -0.2) is 9.97 Å². The van der Waals surface area contributed by atoms with Crippen LogP contribution in [-0.2, 0) is 4.79 Å². The van der Waals surface area contributed by atoms with E-state index in [4.69, 9.17) is 10.8 Å². The molecule has 1 amide bonds. The highest BCUT2D eigenvalue weighted by Gasteiger charge is 2.25. The minimum Gasteiger partial charge on any atom is -0.382 e. The molecule has 0 fully saturated rings. The van der Waals surface area contributed by atoms with Gasteiger partial charge in [-0.1, -0.05) is 0 Å². The van der Waals surface area contributed by atoms with Gasteiger partial charge < -0.3 is 15.9 Å². The summed E-state index contributed by atoms with van der Waals surface area (Å²) < 4.78 is 0. The van der Waals surface area contributed by atoms with Crippen molar-refractivity contribution < 1.29 is 15.0 Å². The van der Waals surface area contributed by atoms with Gasteiger partial charge in [0.25, 0.3) is 0 Å². The normalized spacial score (nSPS) is 14.9. The highest BCUT2D eigenvalue weighted by Crippen LogP contribution is 2.10. The molecule has 0 saturated heterocycles. The number of hydrogen-bond acceptors (Lipinski definition) is 5. The molecule has 2 unspecified atom stereocenters. The van der Waals surface area contributed by atoms with Crippen molar-refractivity contribution in [2.24, 2.45) is 5.73 Å². The van der Waals surface area contributed by atoms with E-state index in [2.05, 4.69) is 9.97 Å². The molecular weight excluding hydrogens is 174 g/mol. The van der Waals surface area contributed by atoms with E-state index in [1.165, 1.54) is 12.4 Å². The van der Waals surface area contributed by atoms with E-state index >= 15 is 0 Å². The van der Waals surface area contributed by atoms with Crippen LogP contribution in [-0.4, -0.2) is 32.2 Å². The van der Waals surface area contributed by atoms with Crippen molar-refractivity contribution in [2.45, 2.75) is 12.2 Å². The molecule has 2 atom stereocenters. The second-order valence-corrected chi connectivity index (χ2v) is 2.40. The Bertz CT molecular complexity index is 290. The summed E-state index contributed by atoms with van der Waals surface area (Å²) >= 11 is 0. The summed E-state index contributed by atoms with van der Waals surface area (Å²) in [5.74, 6) is -1.05. The summed E-state index contributed by atoms with van der Waals surface area (Å²) in [6, 6.07) is 1.55. The number of nitrogens with zero attached hydrogens (tertiary/aromatic N) is 2. The lowest BCUT2D eigenvalue weighted by molar-refractivity contribution is -0.132. The fraction of sp³-hybridized carbons (Fsp3) is 0.286. The van der Waals surface area contributed by atoms with E-state index in [0.29, 0.717) is 0 Å². The van der Waals surface area contributed by atoms with Gasteiger partial charge in [0.05, 0.1) is 0 Å². The fourth-order valence-electron chi connectivity index (χ4n) is 0.760. The van der Waals surface area contributed by atoms with Crippen LogP contribution < -0.4 is 5.73 Å². The standard InChI is InChI=1S/C7H9N3O3/c8-6(13)4(11)5(12)7-9-2-1-3-10-7/h1-5,11-12H,(H2,8,13). The number of primary amides is 1. The second kappa shape index (κ2) is 3.92. The molecule has 0 aliphatic heterocycles. The molecule has 1 heterocycles. The van der Waals surface area contributed by atoms with E-state index in [9.17, 15) is 9.90 Å². The Hall–Kier alpha value is -1.53. The molecule has 0 saturated carbocycles. The van der Waals surface area contributed by atoms with E-state index in [0.717, 1.165) is 0 Å². The van der Waals surface area contributed by atoms with Crippen molar-refractivity contribution in [1.82, 2.24) is 9.97 Å². The van der Waals surface area contributed by atoms with Crippen molar-refractivity contribution in [3.63, 3.8) is 0 Å². The van der Waals surface area contributed by atoms with Crippen molar-refractivity contribution in [2.75, 3.05) is 0 Å². The number of carbonyl (C=O) groups excluding carboxylic acids is 1. The van der Waals surface area contributed by atoms with E-state index in [1.54, 1.807) is 6.07 Å². The topological polar surface area (TPSA) is 109 Å². The first kappa shape index (κ1) is 9.56. The first-order valence-electron chi connectivity index (χ1n) is 3.55. The predicted octanol–water partition coefficient (Wildman–Crippen LogP) is -1.64. The minimum atomic E-state index is -1.68. The lowest BCUT2D eigenvalue weighted by Gasteiger charge is -2.12. The second-order valence-electron chi connectivity index (χ2n) is 2.40. The lowest BCUT2D eigenvalue weighted by atomic mass is 10.2. The molecule has 1 aromatic rings. The quantitative estimate of drug-likeness (QED) is 0.520.